The third-order valence-corrected chi connectivity index (χ3v) is 0.937. The Bertz CT molecular complexity index is 159. The van der Waals surface area contributed by atoms with Gasteiger partial charge in [-0.2, -0.15) is 0 Å². The van der Waals surface area contributed by atoms with Gasteiger partial charge in [0, 0.05) is 21.1 Å². The fourth-order valence-electron chi connectivity index (χ4n) is 0.307. The van der Waals surface area contributed by atoms with Gasteiger partial charge in [-0.3, -0.25) is 0 Å². The maximum atomic E-state index is 8.33. The standard InChI is InChI=1S/C6H9BO2.3W/c1-5(2)6(3)4-7(8)9;;;/h1,8-9H,2-3H3;;;/q-2;;;. The summed E-state index contributed by atoms with van der Waals surface area (Å²) in [5.41, 5.74) is 1.12. The second kappa shape index (κ2) is 12.5. The van der Waals surface area contributed by atoms with E-state index in [1.807, 2.05) is 0 Å². The molecule has 0 radical (unpaired) electrons. The predicted molar refractivity (Wildman–Crippen MR) is 36.1 cm³/mol. The number of hydrogen-bond donors (Lipinski definition) is 2. The summed E-state index contributed by atoms with van der Waals surface area (Å²) >= 11 is 3.33. The van der Waals surface area contributed by atoms with Crippen molar-refractivity contribution >= 4 is 7.12 Å². The summed E-state index contributed by atoms with van der Waals surface area (Å²) in [6.07, 6.45) is 0. The first-order valence-corrected chi connectivity index (χ1v) is 13.8. The van der Waals surface area contributed by atoms with Gasteiger partial charge in [0.25, 0.3) is 0 Å². The van der Waals surface area contributed by atoms with Gasteiger partial charge in [-0.05, 0) is 0 Å². The van der Waals surface area contributed by atoms with E-state index in [9.17, 15) is 0 Å². The zero-order valence-corrected chi connectivity index (χ0v) is 15.6. The van der Waals surface area contributed by atoms with Crippen molar-refractivity contribution in [1.29, 1.82) is 0 Å². The predicted octanol–water partition coefficient (Wildman–Crippen LogP) is 0.120. The summed E-state index contributed by atoms with van der Waals surface area (Å²) in [6, 6.07) is 0. The molecule has 0 spiro atoms. The van der Waals surface area contributed by atoms with E-state index in [1.54, 1.807) is 46.3 Å². The van der Waals surface area contributed by atoms with Gasteiger partial charge in [-0.1, -0.05) is 0 Å². The van der Waals surface area contributed by atoms with Crippen LogP contribution < -0.4 is 0 Å². The summed E-state index contributed by atoms with van der Waals surface area (Å²) in [5, 5.41) is 16.7. The minimum absolute atomic E-state index is 0. The van der Waals surface area contributed by atoms with Gasteiger partial charge < -0.3 is 33.7 Å². The molecule has 0 rings (SSSR count). The SMILES string of the molecule is [CH-]=C(C)C(C)=[C-]B(O)O.[W].[W]=[W]. The van der Waals surface area contributed by atoms with Gasteiger partial charge in [-0.25, -0.2) is 0 Å². The van der Waals surface area contributed by atoms with Crippen molar-refractivity contribution in [3.05, 3.63) is 23.7 Å². The zero-order chi connectivity index (χ0) is 9.44. The van der Waals surface area contributed by atoms with E-state index in [0.29, 0.717) is 11.1 Å². The Morgan fingerprint density at radius 1 is 1.33 bits per heavy atom. The van der Waals surface area contributed by atoms with Crippen LogP contribution in [-0.2, 0) is 53.5 Å². The van der Waals surface area contributed by atoms with Crippen molar-refractivity contribution in [2.45, 2.75) is 13.8 Å². The molecule has 0 bridgehead atoms. The van der Waals surface area contributed by atoms with Crippen LogP contribution in [-0.4, -0.2) is 17.2 Å². The molecule has 0 saturated heterocycles. The molecule has 2 nitrogen and oxygen atoms in total. The molecule has 0 unspecified atom stereocenters. The second-order valence-electron chi connectivity index (χ2n) is 1.83. The van der Waals surface area contributed by atoms with Crippen molar-refractivity contribution in [1.82, 2.24) is 0 Å². The summed E-state index contributed by atoms with van der Waals surface area (Å²) in [6.45, 7) is 8.61. The first-order valence-electron chi connectivity index (χ1n) is 2.76. The Kier molecular flexibility index (Phi) is 20.0. The molecule has 0 aromatic rings. The molecule has 0 aliphatic carbocycles. The number of hydrogen-bond acceptors (Lipinski definition) is 2. The Hall–Kier alpha value is 1.53. The van der Waals surface area contributed by atoms with Crippen LogP contribution in [0.2, 0.25) is 0 Å². The van der Waals surface area contributed by atoms with Gasteiger partial charge in [0.05, 0.1) is 0 Å². The van der Waals surface area contributed by atoms with E-state index in [-0.39, 0.29) is 21.1 Å². The van der Waals surface area contributed by atoms with Crippen LogP contribution in [0.4, 0.5) is 0 Å². The topological polar surface area (TPSA) is 40.5 Å². The van der Waals surface area contributed by atoms with E-state index in [2.05, 4.69) is 5.98 Å². The minimum atomic E-state index is -1.52. The summed E-state index contributed by atoms with van der Waals surface area (Å²) in [7, 11) is -1.52. The summed E-state index contributed by atoms with van der Waals surface area (Å²) in [5.74, 6) is 2.31. The normalized spacial score (nSPS) is 8.83. The van der Waals surface area contributed by atoms with Gasteiger partial charge in [0.15, 0.2) is 0 Å². The Balaban J connectivity index is -0.000000249. The van der Waals surface area contributed by atoms with Gasteiger partial charge >= 0.3 is 39.6 Å². The average molecular weight is 675 g/mol. The fourth-order valence-corrected chi connectivity index (χ4v) is 0.307. The van der Waals surface area contributed by atoms with E-state index in [1.165, 1.54) is 0 Å². The molecule has 0 fully saturated rings. The van der Waals surface area contributed by atoms with Crippen molar-refractivity contribution < 1.29 is 63.6 Å². The van der Waals surface area contributed by atoms with Crippen LogP contribution in [0.5, 0.6) is 0 Å². The van der Waals surface area contributed by atoms with Crippen molar-refractivity contribution in [3.8, 4) is 0 Å². The molecule has 6 heteroatoms. The molecular formula is C6H9BO2W3-2. The van der Waals surface area contributed by atoms with Gasteiger partial charge in [-0.15, -0.1) is 13.8 Å². The Labute approximate surface area is 107 Å². The number of allylic oxidation sites excluding steroid dienone is 2. The Morgan fingerprint density at radius 2 is 1.67 bits per heavy atom. The average Bonchev–Trinajstić information content (AvgIpc) is 1.90. The van der Waals surface area contributed by atoms with Crippen molar-refractivity contribution in [2.24, 2.45) is 0 Å². The van der Waals surface area contributed by atoms with Crippen LogP contribution in [0, 0.1) is 12.6 Å². The molecule has 0 aromatic carbocycles. The van der Waals surface area contributed by atoms with E-state index in [0.717, 1.165) is 0 Å². The molecule has 0 aromatic heterocycles. The first kappa shape index (κ1) is 19.2. The summed E-state index contributed by atoms with van der Waals surface area (Å²) < 4.78 is 0. The van der Waals surface area contributed by atoms with Crippen LogP contribution in [0.3, 0.4) is 0 Å². The molecule has 0 heterocycles. The van der Waals surface area contributed by atoms with Crippen LogP contribution in [0.15, 0.2) is 11.1 Å². The molecule has 0 atom stereocenters. The second-order valence-corrected chi connectivity index (χ2v) is 1.83. The maximum absolute atomic E-state index is 8.33. The van der Waals surface area contributed by atoms with Crippen molar-refractivity contribution in [2.75, 3.05) is 0 Å². The molecule has 12 heavy (non-hydrogen) atoms. The molecule has 0 aliphatic rings. The molecular weight excluding hydrogens is 666 g/mol. The first-order chi connectivity index (χ1) is 5.04. The quantitative estimate of drug-likeness (QED) is 0.249. The van der Waals surface area contributed by atoms with E-state index >= 15 is 0 Å². The molecule has 0 saturated carbocycles. The van der Waals surface area contributed by atoms with Crippen molar-refractivity contribution in [3.63, 3.8) is 0 Å². The third-order valence-electron chi connectivity index (χ3n) is 0.937. The Morgan fingerprint density at radius 3 is 1.75 bits per heavy atom. The number of rotatable bonds is 2. The van der Waals surface area contributed by atoms with Gasteiger partial charge in [0.1, 0.15) is 0 Å². The van der Waals surface area contributed by atoms with Crippen LogP contribution in [0.25, 0.3) is 0 Å². The molecule has 68 valence electrons. The van der Waals surface area contributed by atoms with E-state index < -0.39 is 7.12 Å². The third kappa shape index (κ3) is 14.1. The molecule has 0 aliphatic heterocycles. The fraction of sp³-hybridized carbons (Fsp3) is 0.333. The van der Waals surface area contributed by atoms with E-state index in [4.69, 9.17) is 16.6 Å². The zero-order valence-electron chi connectivity index (χ0n) is 6.77. The summed E-state index contributed by atoms with van der Waals surface area (Å²) in [4.78, 5) is 0. The molecule has 2 N–H and O–H groups in total. The van der Waals surface area contributed by atoms with Crippen LogP contribution >= 0.6 is 0 Å². The monoisotopic (exact) mass is 676 g/mol. The molecule has 0 amide bonds. The van der Waals surface area contributed by atoms with Gasteiger partial charge in [0.2, 0.25) is 0 Å². The van der Waals surface area contributed by atoms with Crippen LogP contribution in [0.1, 0.15) is 13.8 Å².